The van der Waals surface area contributed by atoms with Crippen LogP contribution in [0.2, 0.25) is 0 Å². The number of carbonyl (C=O) groups is 1. The van der Waals surface area contributed by atoms with Gasteiger partial charge in [-0.3, -0.25) is 0 Å². The van der Waals surface area contributed by atoms with Crippen molar-refractivity contribution in [2.75, 3.05) is 19.0 Å². The molecule has 1 fully saturated rings. The molecule has 0 radical (unpaired) electrons. The molecule has 0 bridgehead atoms. The summed E-state index contributed by atoms with van der Waals surface area (Å²) in [5, 5.41) is 3.50. The second kappa shape index (κ2) is 12.2. The third kappa shape index (κ3) is 6.30. The molecule has 43 heavy (non-hydrogen) atoms. The Kier molecular flexibility index (Phi) is 8.62. The smallest absolute Gasteiger partial charge is 0.416 e. The zero-order valence-corrected chi connectivity index (χ0v) is 25.0. The summed E-state index contributed by atoms with van der Waals surface area (Å²) >= 11 is 0. The van der Waals surface area contributed by atoms with E-state index in [-0.39, 0.29) is 30.0 Å². The van der Waals surface area contributed by atoms with E-state index in [9.17, 15) is 18.0 Å². The van der Waals surface area contributed by atoms with E-state index in [0.717, 1.165) is 37.0 Å². The molecule has 8 nitrogen and oxygen atoms in total. The van der Waals surface area contributed by atoms with Crippen LogP contribution in [0.15, 0.2) is 42.5 Å². The molecular weight excluding hydrogens is 559 g/mol. The number of benzene rings is 2. The first-order chi connectivity index (χ1) is 20.5. The summed E-state index contributed by atoms with van der Waals surface area (Å²) in [6.07, 6.45) is -1.11. The third-order valence-electron chi connectivity index (χ3n) is 8.03. The monoisotopic (exact) mass is 595 g/mol. The number of carbonyl (C=O) groups excluding carboxylic acids is 1. The molecule has 4 aromatic rings. The SMILES string of the molecule is CCOc1ccc(C(C)C)cc1-c1nc2nc(C(=O)OC)nc(NC(C)C3CCC3)c2n1Cc1ccc(C(F)(F)F)cc1. The number of imidazole rings is 1. The maximum atomic E-state index is 13.3. The highest BCUT2D eigenvalue weighted by Gasteiger charge is 2.31. The Bertz CT molecular complexity index is 1610. The van der Waals surface area contributed by atoms with E-state index < -0.39 is 17.7 Å². The fourth-order valence-corrected chi connectivity index (χ4v) is 5.30. The molecule has 2 aromatic carbocycles. The van der Waals surface area contributed by atoms with Gasteiger partial charge in [0.2, 0.25) is 5.82 Å². The minimum atomic E-state index is -4.44. The zero-order chi connectivity index (χ0) is 30.9. The number of alkyl halides is 3. The minimum Gasteiger partial charge on any atom is -0.493 e. The highest BCUT2D eigenvalue weighted by molar-refractivity contribution is 5.93. The number of fused-ring (bicyclic) bond motifs is 1. The van der Waals surface area contributed by atoms with Gasteiger partial charge >= 0.3 is 12.1 Å². The molecule has 11 heteroatoms. The van der Waals surface area contributed by atoms with Crippen molar-refractivity contribution in [3.8, 4) is 17.1 Å². The minimum absolute atomic E-state index is 0.0541. The van der Waals surface area contributed by atoms with Gasteiger partial charge in [0, 0.05) is 12.6 Å². The molecule has 0 spiro atoms. The number of anilines is 1. The summed E-state index contributed by atoms with van der Waals surface area (Å²) < 4.78 is 52.8. The summed E-state index contributed by atoms with van der Waals surface area (Å²) in [5.74, 6) is 1.35. The maximum absolute atomic E-state index is 13.3. The first-order valence-corrected chi connectivity index (χ1v) is 14.6. The van der Waals surface area contributed by atoms with Gasteiger partial charge in [0.25, 0.3) is 0 Å². The Morgan fingerprint density at radius 2 is 1.79 bits per heavy atom. The molecule has 1 aliphatic rings. The number of nitrogens with one attached hydrogen (secondary N) is 1. The normalized spacial score (nSPS) is 14.5. The van der Waals surface area contributed by atoms with Crippen molar-refractivity contribution in [3.05, 3.63) is 65.0 Å². The van der Waals surface area contributed by atoms with Crippen LogP contribution >= 0.6 is 0 Å². The van der Waals surface area contributed by atoms with E-state index in [1.165, 1.54) is 19.2 Å². The van der Waals surface area contributed by atoms with E-state index in [1.54, 1.807) is 0 Å². The van der Waals surface area contributed by atoms with Crippen molar-refractivity contribution in [2.45, 2.75) is 71.6 Å². The number of nitrogens with zero attached hydrogens (tertiary/aromatic N) is 4. The van der Waals surface area contributed by atoms with Crippen molar-refractivity contribution in [1.82, 2.24) is 19.5 Å². The van der Waals surface area contributed by atoms with Crippen molar-refractivity contribution < 1.29 is 27.4 Å². The standard InChI is InChI=1S/C32H36F3N5O3/c1-6-43-25-15-12-22(18(2)3)16-24(25)30-39-28-26(40(30)17-20-10-13-23(14-11-20)32(33,34)35)27(36-19(4)21-8-7-9-21)37-29(38-28)31(41)42-5/h10-16,18-19,21H,6-9,17H2,1-5H3,(H,36,37,38). The number of aromatic nitrogens is 4. The topological polar surface area (TPSA) is 91.2 Å². The highest BCUT2D eigenvalue weighted by atomic mass is 19.4. The van der Waals surface area contributed by atoms with Gasteiger partial charge < -0.3 is 19.4 Å². The summed E-state index contributed by atoms with van der Waals surface area (Å²) in [7, 11) is 1.26. The highest BCUT2D eigenvalue weighted by Crippen LogP contribution is 2.38. The lowest BCUT2D eigenvalue weighted by atomic mass is 9.80. The lowest BCUT2D eigenvalue weighted by Gasteiger charge is -2.32. The number of halogens is 3. The van der Waals surface area contributed by atoms with Crippen LogP contribution in [-0.4, -0.2) is 45.2 Å². The van der Waals surface area contributed by atoms with Crippen LogP contribution < -0.4 is 10.1 Å². The Morgan fingerprint density at radius 1 is 1.07 bits per heavy atom. The van der Waals surface area contributed by atoms with Gasteiger partial charge in [-0.25, -0.2) is 19.7 Å². The Balaban J connectivity index is 1.75. The van der Waals surface area contributed by atoms with Gasteiger partial charge in [0.15, 0.2) is 11.5 Å². The predicted molar refractivity (Wildman–Crippen MR) is 158 cm³/mol. The lowest BCUT2D eigenvalue weighted by Crippen LogP contribution is -2.31. The predicted octanol–water partition coefficient (Wildman–Crippen LogP) is 7.47. The molecule has 0 amide bonds. The van der Waals surface area contributed by atoms with Crippen LogP contribution in [0.4, 0.5) is 19.0 Å². The van der Waals surface area contributed by atoms with Crippen LogP contribution in [0, 0.1) is 5.92 Å². The fraction of sp³-hybridized carbons (Fsp3) is 0.438. The third-order valence-corrected chi connectivity index (χ3v) is 8.03. The van der Waals surface area contributed by atoms with Crippen LogP contribution in [0.5, 0.6) is 5.75 Å². The average Bonchev–Trinajstić information content (AvgIpc) is 3.29. The van der Waals surface area contributed by atoms with Gasteiger partial charge in [-0.05, 0) is 73.9 Å². The Labute approximate surface area is 248 Å². The van der Waals surface area contributed by atoms with Gasteiger partial charge in [-0.15, -0.1) is 0 Å². The number of hydrogen-bond acceptors (Lipinski definition) is 7. The van der Waals surface area contributed by atoms with Crippen LogP contribution in [0.3, 0.4) is 0 Å². The van der Waals surface area contributed by atoms with Crippen LogP contribution in [0.1, 0.15) is 80.2 Å². The number of hydrogen-bond donors (Lipinski definition) is 1. The maximum Gasteiger partial charge on any atom is 0.416 e. The number of rotatable bonds is 10. The molecule has 1 atom stereocenters. The molecule has 0 saturated heterocycles. The van der Waals surface area contributed by atoms with Gasteiger partial charge in [0.1, 0.15) is 17.1 Å². The molecule has 1 saturated carbocycles. The van der Waals surface area contributed by atoms with Crippen LogP contribution in [-0.2, 0) is 17.5 Å². The summed E-state index contributed by atoms with van der Waals surface area (Å²) in [4.78, 5) is 26.6. The van der Waals surface area contributed by atoms with E-state index in [4.69, 9.17) is 14.5 Å². The van der Waals surface area contributed by atoms with Crippen molar-refractivity contribution in [1.29, 1.82) is 0 Å². The lowest BCUT2D eigenvalue weighted by molar-refractivity contribution is -0.137. The number of methoxy groups -OCH3 is 1. The van der Waals surface area contributed by atoms with Gasteiger partial charge in [-0.2, -0.15) is 13.2 Å². The average molecular weight is 596 g/mol. The molecule has 2 heterocycles. The van der Waals surface area contributed by atoms with Crippen molar-refractivity contribution >= 4 is 23.0 Å². The van der Waals surface area contributed by atoms with Gasteiger partial charge in [0.05, 0.1) is 24.8 Å². The van der Waals surface area contributed by atoms with Crippen molar-refractivity contribution in [3.63, 3.8) is 0 Å². The summed E-state index contributed by atoms with van der Waals surface area (Å²) in [6.45, 7) is 8.74. The molecule has 1 N–H and O–H groups in total. The zero-order valence-electron chi connectivity index (χ0n) is 25.0. The first kappa shape index (κ1) is 30.3. The molecule has 1 aliphatic carbocycles. The largest absolute Gasteiger partial charge is 0.493 e. The Morgan fingerprint density at radius 3 is 2.37 bits per heavy atom. The molecule has 2 aromatic heterocycles. The van der Waals surface area contributed by atoms with Crippen molar-refractivity contribution in [2.24, 2.45) is 5.92 Å². The molecule has 5 rings (SSSR count). The van der Waals surface area contributed by atoms with E-state index >= 15 is 0 Å². The molecule has 228 valence electrons. The molecule has 1 unspecified atom stereocenters. The quantitative estimate of drug-likeness (QED) is 0.190. The van der Waals surface area contributed by atoms with E-state index in [2.05, 4.69) is 36.1 Å². The van der Waals surface area contributed by atoms with Crippen LogP contribution in [0.25, 0.3) is 22.6 Å². The number of esters is 1. The molecular formula is C32H36F3N5O3. The van der Waals surface area contributed by atoms with E-state index in [1.807, 2.05) is 29.7 Å². The fourth-order valence-electron chi connectivity index (χ4n) is 5.30. The van der Waals surface area contributed by atoms with Gasteiger partial charge in [-0.1, -0.05) is 38.5 Å². The molecule has 0 aliphatic heterocycles. The summed E-state index contributed by atoms with van der Waals surface area (Å²) in [6, 6.07) is 11.0. The Hall–Kier alpha value is -4.15. The summed E-state index contributed by atoms with van der Waals surface area (Å²) in [5.41, 5.74) is 2.46. The second-order valence-electron chi connectivity index (χ2n) is 11.2. The number of ether oxygens (including phenoxy) is 2. The first-order valence-electron chi connectivity index (χ1n) is 14.6. The van der Waals surface area contributed by atoms with E-state index in [0.29, 0.717) is 46.6 Å². The second-order valence-corrected chi connectivity index (χ2v) is 11.2.